The highest BCUT2D eigenvalue weighted by molar-refractivity contribution is 7.15. The number of aryl methyl sites for hydroxylation is 2. The van der Waals surface area contributed by atoms with Gasteiger partial charge in [-0.15, -0.1) is 21.5 Å². The molecule has 0 unspecified atom stereocenters. The second kappa shape index (κ2) is 5.69. The van der Waals surface area contributed by atoms with Crippen LogP contribution in [0.2, 0.25) is 0 Å². The molecule has 0 saturated heterocycles. The smallest absolute Gasteiger partial charge is 0.257 e. The first-order valence-corrected chi connectivity index (χ1v) is 9.21. The van der Waals surface area contributed by atoms with Gasteiger partial charge in [0.2, 0.25) is 5.89 Å². The third-order valence-corrected chi connectivity index (χ3v) is 6.61. The number of thiophene rings is 1. The lowest BCUT2D eigenvalue weighted by Crippen LogP contribution is -2.59. The van der Waals surface area contributed by atoms with E-state index in [4.69, 9.17) is 4.42 Å². The minimum absolute atomic E-state index is 0.0876. The molecule has 1 saturated carbocycles. The SMILES string of the molecule is CC1(C)[C@H](O)C[C@H]1NCc1nnc(-c2cc3c(s2)CCCC3)o1. The fourth-order valence-electron chi connectivity index (χ4n) is 3.48. The number of aliphatic hydroxyl groups excluding tert-OH is 1. The Morgan fingerprint density at radius 3 is 2.91 bits per heavy atom. The quantitative estimate of drug-likeness (QED) is 0.900. The highest BCUT2D eigenvalue weighted by atomic mass is 32.1. The maximum atomic E-state index is 9.79. The van der Waals surface area contributed by atoms with Gasteiger partial charge in [-0.25, -0.2) is 0 Å². The van der Waals surface area contributed by atoms with Crippen molar-refractivity contribution >= 4 is 11.3 Å². The summed E-state index contributed by atoms with van der Waals surface area (Å²) >= 11 is 1.79. The first kappa shape index (κ1) is 15.3. The fraction of sp³-hybridized carbons (Fsp3) is 0.647. The highest BCUT2D eigenvalue weighted by Gasteiger charge is 2.46. The van der Waals surface area contributed by atoms with Gasteiger partial charge in [-0.05, 0) is 43.7 Å². The second-order valence-corrected chi connectivity index (χ2v) is 8.41. The number of fused-ring (bicyclic) bond motifs is 1. The summed E-state index contributed by atoms with van der Waals surface area (Å²) in [5.41, 5.74) is 1.37. The summed E-state index contributed by atoms with van der Waals surface area (Å²) in [5, 5.41) is 21.6. The largest absolute Gasteiger partial charge is 0.419 e. The first-order valence-electron chi connectivity index (χ1n) is 8.40. The van der Waals surface area contributed by atoms with E-state index in [9.17, 15) is 5.11 Å². The van der Waals surface area contributed by atoms with E-state index in [1.807, 2.05) is 0 Å². The molecule has 23 heavy (non-hydrogen) atoms. The lowest BCUT2D eigenvalue weighted by atomic mass is 9.64. The molecule has 2 heterocycles. The number of aromatic nitrogens is 2. The molecule has 0 bridgehead atoms. The number of nitrogens with one attached hydrogen (secondary N) is 1. The lowest BCUT2D eigenvalue weighted by Gasteiger charge is -2.49. The Bertz CT molecular complexity index is 683. The summed E-state index contributed by atoms with van der Waals surface area (Å²) in [6.07, 6.45) is 5.48. The van der Waals surface area contributed by atoms with Crippen LogP contribution in [0.15, 0.2) is 10.5 Å². The van der Waals surface area contributed by atoms with E-state index in [0.717, 1.165) is 11.3 Å². The Kier molecular flexibility index (Phi) is 3.78. The molecule has 0 radical (unpaired) electrons. The average Bonchev–Trinajstić information content (AvgIpc) is 3.17. The number of hydrogen-bond donors (Lipinski definition) is 2. The summed E-state index contributed by atoms with van der Waals surface area (Å²) in [5.74, 6) is 1.25. The standard InChI is InChI=1S/C17H23N3O2S/c1-17(2)13(8-14(17)21)18-9-15-19-20-16(22-15)12-7-10-5-3-4-6-11(10)23-12/h7,13-14,18,21H,3-6,8-9H2,1-2H3/t13-,14-/m1/s1. The third-order valence-electron chi connectivity index (χ3n) is 5.39. The maximum Gasteiger partial charge on any atom is 0.257 e. The Labute approximate surface area is 140 Å². The molecule has 0 aliphatic heterocycles. The van der Waals surface area contributed by atoms with Crippen molar-refractivity contribution in [3.8, 4) is 10.8 Å². The molecule has 4 rings (SSSR count). The van der Waals surface area contributed by atoms with Crippen LogP contribution in [0.5, 0.6) is 0 Å². The molecule has 0 aromatic carbocycles. The van der Waals surface area contributed by atoms with Crippen LogP contribution in [-0.4, -0.2) is 27.4 Å². The normalized spacial score (nSPS) is 25.9. The second-order valence-electron chi connectivity index (χ2n) is 7.27. The van der Waals surface area contributed by atoms with Crippen LogP contribution in [0.25, 0.3) is 10.8 Å². The van der Waals surface area contributed by atoms with Gasteiger partial charge in [0, 0.05) is 16.3 Å². The van der Waals surface area contributed by atoms with E-state index in [2.05, 4.69) is 35.4 Å². The van der Waals surface area contributed by atoms with Crippen molar-refractivity contribution in [2.45, 2.75) is 64.6 Å². The van der Waals surface area contributed by atoms with Gasteiger partial charge in [0.1, 0.15) is 0 Å². The van der Waals surface area contributed by atoms with E-state index in [1.165, 1.54) is 36.1 Å². The minimum Gasteiger partial charge on any atom is -0.419 e. The monoisotopic (exact) mass is 333 g/mol. The Hall–Kier alpha value is -1.24. The predicted molar refractivity (Wildman–Crippen MR) is 89.3 cm³/mol. The number of rotatable bonds is 4. The zero-order valence-corrected chi connectivity index (χ0v) is 14.4. The molecule has 6 heteroatoms. The molecule has 5 nitrogen and oxygen atoms in total. The molecule has 2 N–H and O–H groups in total. The van der Waals surface area contributed by atoms with Crippen molar-refractivity contribution in [3.05, 3.63) is 22.4 Å². The number of aliphatic hydroxyl groups is 1. The van der Waals surface area contributed by atoms with Crippen LogP contribution in [0.4, 0.5) is 0 Å². The van der Waals surface area contributed by atoms with Gasteiger partial charge in [-0.1, -0.05) is 13.8 Å². The van der Waals surface area contributed by atoms with Crippen LogP contribution in [-0.2, 0) is 19.4 Å². The summed E-state index contributed by atoms with van der Waals surface area (Å²) < 4.78 is 5.82. The lowest BCUT2D eigenvalue weighted by molar-refractivity contribution is -0.0735. The zero-order chi connectivity index (χ0) is 16.0. The van der Waals surface area contributed by atoms with Crippen molar-refractivity contribution in [3.63, 3.8) is 0 Å². The Morgan fingerprint density at radius 2 is 2.17 bits per heavy atom. The molecule has 2 atom stereocenters. The minimum atomic E-state index is -0.226. The molecule has 2 aliphatic rings. The highest BCUT2D eigenvalue weighted by Crippen LogP contribution is 2.40. The molecule has 2 aromatic heterocycles. The van der Waals surface area contributed by atoms with Crippen LogP contribution in [0, 0.1) is 5.41 Å². The van der Waals surface area contributed by atoms with Crippen LogP contribution in [0.1, 0.15) is 49.4 Å². The van der Waals surface area contributed by atoms with E-state index < -0.39 is 0 Å². The fourth-order valence-corrected chi connectivity index (χ4v) is 4.65. The van der Waals surface area contributed by atoms with Crippen LogP contribution >= 0.6 is 11.3 Å². The molecular formula is C17H23N3O2S. The van der Waals surface area contributed by atoms with Gasteiger partial charge in [0.25, 0.3) is 5.89 Å². The molecule has 0 spiro atoms. The van der Waals surface area contributed by atoms with E-state index in [0.29, 0.717) is 24.4 Å². The summed E-state index contributed by atoms with van der Waals surface area (Å²) in [6, 6.07) is 2.51. The molecule has 2 aliphatic carbocycles. The maximum absolute atomic E-state index is 9.79. The Morgan fingerprint density at radius 1 is 1.35 bits per heavy atom. The van der Waals surface area contributed by atoms with Gasteiger partial charge >= 0.3 is 0 Å². The summed E-state index contributed by atoms with van der Waals surface area (Å²) in [4.78, 5) is 2.57. The molecule has 2 aromatic rings. The van der Waals surface area contributed by atoms with E-state index in [-0.39, 0.29) is 11.5 Å². The van der Waals surface area contributed by atoms with Crippen molar-refractivity contribution in [1.29, 1.82) is 0 Å². The van der Waals surface area contributed by atoms with Gasteiger partial charge < -0.3 is 14.8 Å². The molecular weight excluding hydrogens is 310 g/mol. The number of nitrogens with zero attached hydrogens (tertiary/aromatic N) is 2. The van der Waals surface area contributed by atoms with Gasteiger partial charge in [0.05, 0.1) is 17.5 Å². The third kappa shape index (κ3) is 2.73. The zero-order valence-electron chi connectivity index (χ0n) is 13.6. The summed E-state index contributed by atoms with van der Waals surface area (Å²) in [6.45, 7) is 4.71. The van der Waals surface area contributed by atoms with Gasteiger partial charge in [-0.2, -0.15) is 0 Å². The summed E-state index contributed by atoms with van der Waals surface area (Å²) in [7, 11) is 0. The average molecular weight is 333 g/mol. The number of hydrogen-bond acceptors (Lipinski definition) is 6. The molecule has 0 amide bonds. The van der Waals surface area contributed by atoms with Gasteiger partial charge in [-0.3, -0.25) is 0 Å². The van der Waals surface area contributed by atoms with Crippen molar-refractivity contribution in [2.24, 2.45) is 5.41 Å². The van der Waals surface area contributed by atoms with Crippen LogP contribution < -0.4 is 5.32 Å². The first-order chi connectivity index (χ1) is 11.0. The van der Waals surface area contributed by atoms with E-state index >= 15 is 0 Å². The van der Waals surface area contributed by atoms with Crippen molar-refractivity contribution < 1.29 is 9.52 Å². The predicted octanol–water partition coefficient (Wildman–Crippen LogP) is 2.93. The molecule has 124 valence electrons. The van der Waals surface area contributed by atoms with E-state index in [1.54, 1.807) is 11.3 Å². The van der Waals surface area contributed by atoms with Crippen LogP contribution in [0.3, 0.4) is 0 Å². The molecule has 1 fully saturated rings. The Balaban J connectivity index is 1.42. The topological polar surface area (TPSA) is 71.2 Å². The van der Waals surface area contributed by atoms with Gasteiger partial charge in [0.15, 0.2) is 0 Å². The van der Waals surface area contributed by atoms with Crippen molar-refractivity contribution in [1.82, 2.24) is 15.5 Å². The van der Waals surface area contributed by atoms with Crippen molar-refractivity contribution in [2.75, 3.05) is 0 Å².